The Morgan fingerprint density at radius 2 is 1.68 bits per heavy atom. The second kappa shape index (κ2) is 8.38. The number of aromatic nitrogens is 1. The SMILES string of the molecule is CCC(=O)C(N)C(N)c1ccc2n1B(F)N1C(=C2)C(c2ccccc2)=CC1(F)c1ccccc1. The van der Waals surface area contributed by atoms with Crippen molar-refractivity contribution in [3.63, 3.8) is 0 Å². The minimum Gasteiger partial charge on any atom is -0.338 e. The maximum absolute atomic E-state index is 16.9. The van der Waals surface area contributed by atoms with Crippen LogP contribution in [0.1, 0.15) is 41.9 Å². The summed E-state index contributed by atoms with van der Waals surface area (Å²) in [6, 6.07) is 19.3. The van der Waals surface area contributed by atoms with Crippen LogP contribution in [0.5, 0.6) is 0 Å². The quantitative estimate of drug-likeness (QED) is 0.430. The molecule has 8 heteroatoms. The number of allylic oxidation sites excluding steroid dienone is 1. The van der Waals surface area contributed by atoms with Gasteiger partial charge in [0.1, 0.15) is 0 Å². The molecule has 0 aliphatic carbocycles. The Morgan fingerprint density at radius 1 is 1.03 bits per heavy atom. The first kappa shape index (κ1) is 22.3. The first-order valence-corrected chi connectivity index (χ1v) is 11.3. The molecule has 172 valence electrons. The summed E-state index contributed by atoms with van der Waals surface area (Å²) in [5, 5.41) is 0. The minimum atomic E-state index is -2.23. The highest BCUT2D eigenvalue weighted by atomic mass is 19.1. The molecule has 1 aromatic heterocycles. The Morgan fingerprint density at radius 3 is 2.32 bits per heavy atom. The molecule has 3 heterocycles. The molecule has 5 nitrogen and oxygen atoms in total. The zero-order valence-electron chi connectivity index (χ0n) is 18.7. The molecular formula is C26H25BF2N4O. The number of ketones is 1. The van der Waals surface area contributed by atoms with E-state index in [1.54, 1.807) is 55.5 Å². The molecule has 2 aromatic carbocycles. The molecule has 5 rings (SSSR count). The molecule has 0 amide bonds. The molecule has 3 unspecified atom stereocenters. The zero-order valence-corrected chi connectivity index (χ0v) is 18.7. The van der Waals surface area contributed by atoms with Crippen LogP contribution >= 0.6 is 0 Å². The number of Topliss-reactive ketones (excluding diaryl/α,β-unsaturated/α-hetero) is 1. The van der Waals surface area contributed by atoms with Gasteiger partial charge in [0, 0.05) is 34.6 Å². The number of rotatable bonds is 6. The molecule has 4 N–H and O–H groups in total. The Hall–Kier alpha value is -3.49. The van der Waals surface area contributed by atoms with Crippen LogP contribution in [0.3, 0.4) is 0 Å². The summed E-state index contributed by atoms with van der Waals surface area (Å²) < 4.78 is 34.6. The monoisotopic (exact) mass is 458 g/mol. The number of nitrogens with zero attached hydrogens (tertiary/aromatic N) is 2. The van der Waals surface area contributed by atoms with Crippen molar-refractivity contribution in [2.24, 2.45) is 11.5 Å². The van der Waals surface area contributed by atoms with E-state index < -0.39 is 25.1 Å². The molecule has 3 atom stereocenters. The standard InChI is InChI=1S/C26H25BF2N4O/c1-2-23(34)25(31)24(30)21-14-13-19-15-22-20(17-9-5-3-6-10-17)16-26(28,18-11-7-4-8-12-18)33(22)27(29)32(19)21/h3-16,24-25H,2,30-31H2,1H3. The fourth-order valence-corrected chi connectivity index (χ4v) is 4.79. The van der Waals surface area contributed by atoms with E-state index in [2.05, 4.69) is 0 Å². The second-order valence-corrected chi connectivity index (χ2v) is 8.60. The van der Waals surface area contributed by atoms with Crippen LogP contribution in [0, 0.1) is 0 Å². The van der Waals surface area contributed by atoms with Crippen LogP contribution in [-0.2, 0) is 10.6 Å². The number of hydrogen-bond donors (Lipinski definition) is 2. The zero-order chi connectivity index (χ0) is 24.0. The number of benzene rings is 2. The molecule has 0 saturated heterocycles. The molecule has 0 fully saturated rings. The van der Waals surface area contributed by atoms with Gasteiger partial charge in [0.15, 0.2) is 5.78 Å². The Bertz CT molecular complexity index is 1290. The van der Waals surface area contributed by atoms with Gasteiger partial charge in [0.05, 0.1) is 12.1 Å². The van der Waals surface area contributed by atoms with E-state index in [0.717, 1.165) is 10.4 Å². The molecule has 2 aliphatic rings. The maximum Gasteiger partial charge on any atom is 0.595 e. The lowest BCUT2D eigenvalue weighted by atomic mass is 9.88. The van der Waals surface area contributed by atoms with Gasteiger partial charge in [-0.05, 0) is 29.8 Å². The van der Waals surface area contributed by atoms with E-state index in [1.807, 2.05) is 30.3 Å². The maximum atomic E-state index is 16.9. The summed E-state index contributed by atoms with van der Waals surface area (Å²) >= 11 is 0. The molecule has 0 saturated carbocycles. The van der Waals surface area contributed by atoms with Crippen molar-refractivity contribution < 1.29 is 13.5 Å². The van der Waals surface area contributed by atoms with Crippen LogP contribution in [0.25, 0.3) is 11.6 Å². The van der Waals surface area contributed by atoms with Gasteiger partial charge in [-0.15, -0.1) is 0 Å². The largest absolute Gasteiger partial charge is 0.595 e. The number of hydrogen-bond acceptors (Lipinski definition) is 4. The summed E-state index contributed by atoms with van der Waals surface area (Å²) in [7, 11) is -1.90. The van der Waals surface area contributed by atoms with Gasteiger partial charge >= 0.3 is 7.26 Å². The van der Waals surface area contributed by atoms with Crippen molar-refractivity contribution >= 4 is 24.7 Å². The van der Waals surface area contributed by atoms with Crippen LogP contribution in [-0.4, -0.2) is 28.4 Å². The average molecular weight is 458 g/mol. The van der Waals surface area contributed by atoms with Crippen LogP contribution in [0.2, 0.25) is 0 Å². The van der Waals surface area contributed by atoms with Gasteiger partial charge in [-0.3, -0.25) is 9.11 Å². The third-order valence-corrected chi connectivity index (χ3v) is 6.63. The van der Waals surface area contributed by atoms with Crippen molar-refractivity contribution in [2.45, 2.75) is 31.2 Å². The third-order valence-electron chi connectivity index (χ3n) is 6.63. The normalized spacial score (nSPS) is 20.9. The van der Waals surface area contributed by atoms with Crippen molar-refractivity contribution in [3.05, 3.63) is 107 Å². The lowest BCUT2D eigenvalue weighted by molar-refractivity contribution is -0.120. The minimum absolute atomic E-state index is 0.219. The van der Waals surface area contributed by atoms with Gasteiger partial charge in [0.25, 0.3) is 0 Å². The Balaban J connectivity index is 1.67. The first-order valence-electron chi connectivity index (χ1n) is 11.3. The summed E-state index contributed by atoms with van der Waals surface area (Å²) in [4.78, 5) is 13.3. The molecule has 34 heavy (non-hydrogen) atoms. The van der Waals surface area contributed by atoms with Gasteiger partial charge in [-0.25, -0.2) is 4.39 Å². The topological polar surface area (TPSA) is 77.3 Å². The van der Waals surface area contributed by atoms with Gasteiger partial charge < -0.3 is 20.8 Å². The molecule has 0 bridgehead atoms. The summed E-state index contributed by atoms with van der Waals surface area (Å²) in [6.07, 6.45) is 3.45. The fourth-order valence-electron chi connectivity index (χ4n) is 4.79. The molecule has 3 aromatic rings. The van der Waals surface area contributed by atoms with Crippen molar-refractivity contribution in [1.29, 1.82) is 0 Å². The highest BCUT2D eigenvalue weighted by Crippen LogP contribution is 2.50. The van der Waals surface area contributed by atoms with Crippen molar-refractivity contribution in [2.75, 3.05) is 0 Å². The first-order chi connectivity index (χ1) is 16.4. The number of halogens is 2. The summed E-state index contributed by atoms with van der Waals surface area (Å²) in [5.41, 5.74) is 15.4. The van der Waals surface area contributed by atoms with Crippen LogP contribution in [0.4, 0.5) is 8.71 Å². The number of carbonyl (C=O) groups excluding carboxylic acids is 1. The van der Waals surface area contributed by atoms with E-state index in [9.17, 15) is 4.79 Å². The summed E-state index contributed by atoms with van der Waals surface area (Å²) in [5.74, 6) is -2.45. The molecule has 0 spiro atoms. The number of alkyl halides is 1. The van der Waals surface area contributed by atoms with Crippen molar-refractivity contribution in [3.8, 4) is 0 Å². The van der Waals surface area contributed by atoms with E-state index >= 15 is 8.71 Å². The van der Waals surface area contributed by atoms with E-state index in [0.29, 0.717) is 28.2 Å². The lowest BCUT2D eigenvalue weighted by Gasteiger charge is -2.38. The molecule has 2 aliphatic heterocycles. The Labute approximate surface area is 197 Å². The fraction of sp³-hybridized carbons (Fsp3) is 0.192. The van der Waals surface area contributed by atoms with Gasteiger partial charge in [0.2, 0.25) is 5.79 Å². The number of nitrogens with two attached hydrogens (primary N) is 2. The van der Waals surface area contributed by atoms with E-state index in [-0.39, 0.29) is 12.2 Å². The third kappa shape index (κ3) is 3.33. The summed E-state index contributed by atoms with van der Waals surface area (Å²) in [6.45, 7) is 1.70. The van der Waals surface area contributed by atoms with Crippen LogP contribution in [0.15, 0.2) is 84.6 Å². The predicted molar refractivity (Wildman–Crippen MR) is 130 cm³/mol. The van der Waals surface area contributed by atoms with E-state index in [1.165, 1.54) is 10.6 Å². The number of fused-ring (bicyclic) bond motifs is 2. The predicted octanol–water partition coefficient (Wildman–Crippen LogP) is 4.17. The number of carbonyl (C=O) groups is 1. The highest BCUT2D eigenvalue weighted by molar-refractivity contribution is 6.49. The molecular weight excluding hydrogens is 433 g/mol. The molecule has 0 radical (unpaired) electrons. The smallest absolute Gasteiger partial charge is 0.338 e. The lowest BCUT2D eigenvalue weighted by Crippen LogP contribution is -2.52. The van der Waals surface area contributed by atoms with Gasteiger partial charge in [-0.2, -0.15) is 0 Å². The second-order valence-electron chi connectivity index (χ2n) is 8.60. The van der Waals surface area contributed by atoms with Gasteiger partial charge in [-0.1, -0.05) is 67.6 Å². The average Bonchev–Trinajstić information content (AvgIpc) is 3.44. The Kier molecular flexibility index (Phi) is 5.50. The van der Waals surface area contributed by atoms with Crippen molar-refractivity contribution in [1.82, 2.24) is 9.29 Å². The van der Waals surface area contributed by atoms with Crippen LogP contribution < -0.4 is 11.5 Å². The van der Waals surface area contributed by atoms with E-state index in [4.69, 9.17) is 11.5 Å². The highest BCUT2D eigenvalue weighted by Gasteiger charge is 2.54.